The molecule has 0 bridgehead atoms. The van der Waals surface area contributed by atoms with Crippen molar-refractivity contribution in [2.45, 2.75) is 72.6 Å². The standard InChI is InChI=1S/C17H31NO3/c1-5-16(6-2,15(20)21)12-18-14(19)17(11-13(3)4)9-7-8-10-17/h13H,5-12H2,1-4H3,(H,18,19)(H,20,21). The molecule has 0 aromatic heterocycles. The van der Waals surface area contributed by atoms with E-state index in [1.807, 2.05) is 13.8 Å². The van der Waals surface area contributed by atoms with Crippen molar-refractivity contribution in [1.29, 1.82) is 0 Å². The van der Waals surface area contributed by atoms with Gasteiger partial charge in [0.05, 0.1) is 5.41 Å². The number of hydrogen-bond donors (Lipinski definition) is 2. The predicted molar refractivity (Wildman–Crippen MR) is 84.0 cm³/mol. The summed E-state index contributed by atoms with van der Waals surface area (Å²) in [5.41, 5.74) is -1.09. The number of carboxylic acids is 1. The molecule has 4 nitrogen and oxygen atoms in total. The van der Waals surface area contributed by atoms with Crippen LogP contribution in [0.3, 0.4) is 0 Å². The van der Waals surface area contributed by atoms with Gasteiger partial charge in [0, 0.05) is 12.0 Å². The Kier molecular flexibility index (Phi) is 6.24. The molecule has 0 spiro atoms. The van der Waals surface area contributed by atoms with Crippen LogP contribution >= 0.6 is 0 Å². The van der Waals surface area contributed by atoms with Gasteiger partial charge in [0.1, 0.15) is 0 Å². The number of carbonyl (C=O) groups is 2. The number of amides is 1. The maximum atomic E-state index is 12.7. The molecule has 1 saturated carbocycles. The van der Waals surface area contributed by atoms with Crippen LogP contribution in [0.25, 0.3) is 0 Å². The zero-order valence-corrected chi connectivity index (χ0v) is 14.0. The van der Waals surface area contributed by atoms with Crippen molar-refractivity contribution >= 4 is 11.9 Å². The second-order valence-electron chi connectivity index (χ2n) is 7.06. The third-order valence-corrected chi connectivity index (χ3v) is 5.24. The van der Waals surface area contributed by atoms with Crippen LogP contribution in [0.2, 0.25) is 0 Å². The number of carboxylic acid groups (broad SMARTS) is 1. The van der Waals surface area contributed by atoms with Crippen LogP contribution in [0.4, 0.5) is 0 Å². The Balaban J connectivity index is 2.76. The zero-order chi connectivity index (χ0) is 16.1. The van der Waals surface area contributed by atoms with Crippen molar-refractivity contribution in [2.75, 3.05) is 6.54 Å². The molecule has 0 heterocycles. The second kappa shape index (κ2) is 7.28. The molecule has 4 heteroatoms. The largest absolute Gasteiger partial charge is 0.481 e. The molecule has 0 radical (unpaired) electrons. The SMILES string of the molecule is CCC(CC)(CNC(=O)C1(CC(C)C)CCCC1)C(=O)O. The number of aliphatic carboxylic acids is 1. The fourth-order valence-corrected chi connectivity index (χ4v) is 3.67. The Morgan fingerprint density at radius 1 is 1.19 bits per heavy atom. The van der Waals surface area contributed by atoms with Gasteiger partial charge in [-0.25, -0.2) is 0 Å². The van der Waals surface area contributed by atoms with E-state index in [1.165, 1.54) is 0 Å². The van der Waals surface area contributed by atoms with E-state index in [2.05, 4.69) is 19.2 Å². The van der Waals surface area contributed by atoms with Crippen molar-refractivity contribution in [3.8, 4) is 0 Å². The van der Waals surface area contributed by atoms with E-state index in [1.54, 1.807) is 0 Å². The predicted octanol–water partition coefficient (Wildman–Crippen LogP) is 3.60. The first-order valence-electron chi connectivity index (χ1n) is 8.33. The number of hydrogen-bond acceptors (Lipinski definition) is 2. The molecule has 21 heavy (non-hydrogen) atoms. The first-order chi connectivity index (χ1) is 9.82. The third-order valence-electron chi connectivity index (χ3n) is 5.24. The van der Waals surface area contributed by atoms with Gasteiger partial charge in [-0.1, -0.05) is 40.5 Å². The summed E-state index contributed by atoms with van der Waals surface area (Å²) in [6, 6.07) is 0. The van der Waals surface area contributed by atoms with E-state index >= 15 is 0 Å². The summed E-state index contributed by atoms with van der Waals surface area (Å²) >= 11 is 0. The molecule has 0 atom stereocenters. The molecule has 0 aromatic rings. The first kappa shape index (κ1) is 18.0. The highest BCUT2D eigenvalue weighted by Gasteiger charge is 2.43. The lowest BCUT2D eigenvalue weighted by Crippen LogP contribution is -2.47. The first-order valence-corrected chi connectivity index (χ1v) is 8.33. The summed E-state index contributed by atoms with van der Waals surface area (Å²) in [6.07, 6.45) is 6.06. The van der Waals surface area contributed by atoms with Crippen LogP contribution in [-0.4, -0.2) is 23.5 Å². The van der Waals surface area contributed by atoms with Crippen LogP contribution in [0.1, 0.15) is 72.6 Å². The van der Waals surface area contributed by atoms with Gasteiger partial charge in [-0.3, -0.25) is 9.59 Å². The molecule has 1 aliphatic carbocycles. The summed E-state index contributed by atoms with van der Waals surface area (Å²) < 4.78 is 0. The summed E-state index contributed by atoms with van der Waals surface area (Å²) in [5.74, 6) is -0.256. The molecular formula is C17H31NO3. The summed E-state index contributed by atoms with van der Waals surface area (Å²) in [5, 5.41) is 12.4. The van der Waals surface area contributed by atoms with E-state index in [4.69, 9.17) is 0 Å². The van der Waals surface area contributed by atoms with Crippen molar-refractivity contribution in [3.05, 3.63) is 0 Å². The van der Waals surface area contributed by atoms with Gasteiger partial charge in [0.2, 0.25) is 5.91 Å². The molecule has 0 aromatic carbocycles. The molecule has 1 aliphatic rings. The average molecular weight is 297 g/mol. The summed E-state index contributed by atoms with van der Waals surface area (Å²) in [4.78, 5) is 24.2. The van der Waals surface area contributed by atoms with E-state index in [-0.39, 0.29) is 17.9 Å². The molecule has 1 fully saturated rings. The minimum atomic E-state index is -0.826. The number of carbonyl (C=O) groups excluding carboxylic acids is 1. The molecule has 1 amide bonds. The molecular weight excluding hydrogens is 266 g/mol. The highest BCUT2D eigenvalue weighted by atomic mass is 16.4. The maximum Gasteiger partial charge on any atom is 0.311 e. The molecule has 0 aliphatic heterocycles. The van der Waals surface area contributed by atoms with E-state index in [9.17, 15) is 14.7 Å². The van der Waals surface area contributed by atoms with Crippen LogP contribution in [0, 0.1) is 16.7 Å². The lowest BCUT2D eigenvalue weighted by Gasteiger charge is -2.33. The monoisotopic (exact) mass is 297 g/mol. The van der Waals surface area contributed by atoms with Crippen molar-refractivity contribution in [1.82, 2.24) is 5.32 Å². The Morgan fingerprint density at radius 2 is 1.71 bits per heavy atom. The van der Waals surface area contributed by atoms with E-state index in [0.29, 0.717) is 18.8 Å². The third kappa shape index (κ3) is 3.98. The molecule has 2 N–H and O–H groups in total. The lowest BCUT2D eigenvalue weighted by atomic mass is 9.77. The molecule has 0 unspecified atom stereocenters. The smallest absolute Gasteiger partial charge is 0.311 e. The van der Waals surface area contributed by atoms with Crippen LogP contribution in [0.15, 0.2) is 0 Å². The van der Waals surface area contributed by atoms with Crippen molar-refractivity contribution < 1.29 is 14.7 Å². The van der Waals surface area contributed by atoms with Gasteiger partial charge in [-0.15, -0.1) is 0 Å². The van der Waals surface area contributed by atoms with Gasteiger partial charge < -0.3 is 10.4 Å². The quantitative estimate of drug-likeness (QED) is 0.719. The Hall–Kier alpha value is -1.06. The van der Waals surface area contributed by atoms with Gasteiger partial charge in [0.25, 0.3) is 0 Å². The highest BCUT2D eigenvalue weighted by Crippen LogP contribution is 2.43. The van der Waals surface area contributed by atoms with Crippen molar-refractivity contribution in [2.24, 2.45) is 16.7 Å². The fourth-order valence-electron chi connectivity index (χ4n) is 3.67. The van der Waals surface area contributed by atoms with Gasteiger partial charge in [-0.2, -0.15) is 0 Å². The normalized spacial score (nSPS) is 18.0. The van der Waals surface area contributed by atoms with Crippen LogP contribution < -0.4 is 5.32 Å². The van der Waals surface area contributed by atoms with Crippen molar-refractivity contribution in [3.63, 3.8) is 0 Å². The minimum Gasteiger partial charge on any atom is -0.481 e. The van der Waals surface area contributed by atoms with Gasteiger partial charge in [0.15, 0.2) is 0 Å². The fraction of sp³-hybridized carbons (Fsp3) is 0.882. The zero-order valence-electron chi connectivity index (χ0n) is 14.0. The Bertz CT molecular complexity index is 366. The lowest BCUT2D eigenvalue weighted by molar-refractivity contribution is -0.149. The van der Waals surface area contributed by atoms with Crippen LogP contribution in [-0.2, 0) is 9.59 Å². The molecule has 122 valence electrons. The van der Waals surface area contributed by atoms with Gasteiger partial charge in [-0.05, 0) is 38.0 Å². The summed E-state index contributed by atoms with van der Waals surface area (Å²) in [6.45, 7) is 8.29. The Labute approximate surface area is 128 Å². The van der Waals surface area contributed by atoms with E-state index < -0.39 is 11.4 Å². The minimum absolute atomic E-state index is 0.0706. The van der Waals surface area contributed by atoms with Gasteiger partial charge >= 0.3 is 5.97 Å². The molecule has 0 saturated heterocycles. The van der Waals surface area contributed by atoms with E-state index in [0.717, 1.165) is 32.1 Å². The average Bonchev–Trinajstić information content (AvgIpc) is 2.88. The number of nitrogens with one attached hydrogen (secondary N) is 1. The second-order valence-corrected chi connectivity index (χ2v) is 7.06. The van der Waals surface area contributed by atoms with Crippen LogP contribution in [0.5, 0.6) is 0 Å². The topological polar surface area (TPSA) is 66.4 Å². The summed E-state index contributed by atoms with van der Waals surface area (Å²) in [7, 11) is 0. The maximum absolute atomic E-state index is 12.7. The molecule has 1 rings (SSSR count). The Morgan fingerprint density at radius 3 is 2.10 bits per heavy atom. The number of rotatable bonds is 8. The highest BCUT2D eigenvalue weighted by molar-refractivity contribution is 5.84.